The Balaban J connectivity index is 2.63. The van der Waals surface area contributed by atoms with Crippen molar-refractivity contribution < 1.29 is 14.4 Å². The van der Waals surface area contributed by atoms with Crippen LogP contribution < -0.4 is 11.1 Å². The third-order valence-corrected chi connectivity index (χ3v) is 4.36. The van der Waals surface area contributed by atoms with E-state index >= 15 is 0 Å². The Kier molecular flexibility index (Phi) is 9.59. The van der Waals surface area contributed by atoms with Crippen LogP contribution >= 0.6 is 0 Å². The van der Waals surface area contributed by atoms with Crippen LogP contribution in [-0.4, -0.2) is 66.8 Å². The van der Waals surface area contributed by atoms with Crippen LogP contribution in [0, 0.1) is 5.41 Å². The summed E-state index contributed by atoms with van der Waals surface area (Å²) in [6, 6.07) is 0. The molecule has 0 atom stereocenters. The van der Waals surface area contributed by atoms with Crippen molar-refractivity contribution in [1.29, 1.82) is 5.41 Å². The van der Waals surface area contributed by atoms with Crippen LogP contribution in [0.1, 0.15) is 19.8 Å². The lowest BCUT2D eigenvalue weighted by Crippen LogP contribution is -2.31. The number of nitrogens with two attached hydrogens (primary N) is 1. The van der Waals surface area contributed by atoms with E-state index in [-0.39, 0.29) is 23.6 Å². The molecule has 1 rings (SSSR count). The molecule has 1 aliphatic rings. The molecule has 8 heteroatoms. The summed E-state index contributed by atoms with van der Waals surface area (Å²) in [5, 5.41) is 10.7. The number of primary amides is 1. The van der Waals surface area contributed by atoms with E-state index in [1.165, 1.54) is 0 Å². The van der Waals surface area contributed by atoms with Crippen LogP contribution in [0.2, 0.25) is 0 Å². The molecule has 0 spiro atoms. The van der Waals surface area contributed by atoms with Crippen LogP contribution in [0.5, 0.6) is 0 Å². The van der Waals surface area contributed by atoms with Crippen molar-refractivity contribution in [3.8, 4) is 0 Å². The largest absolute Gasteiger partial charge is 0.385 e. The Morgan fingerprint density at radius 1 is 1.32 bits per heavy atom. The van der Waals surface area contributed by atoms with Gasteiger partial charge in [-0.05, 0) is 44.2 Å². The maximum atomic E-state index is 12.3. The zero-order valence-corrected chi connectivity index (χ0v) is 16.5. The van der Waals surface area contributed by atoms with Crippen molar-refractivity contribution in [2.45, 2.75) is 19.8 Å². The third-order valence-electron chi connectivity index (χ3n) is 4.36. The molecular weight excluding hydrogens is 358 g/mol. The quantitative estimate of drug-likeness (QED) is 0.221. The van der Waals surface area contributed by atoms with E-state index in [9.17, 15) is 14.4 Å². The highest BCUT2D eigenvalue weighted by Crippen LogP contribution is 2.13. The van der Waals surface area contributed by atoms with Gasteiger partial charge in [-0.25, -0.2) is 0 Å². The lowest BCUT2D eigenvalue weighted by Gasteiger charge is -2.22. The smallest absolute Gasteiger partial charge is 0.266 e. The molecule has 0 aromatic rings. The fraction of sp³-hybridized carbons (Fsp3) is 0.400. The van der Waals surface area contributed by atoms with Crippen LogP contribution in [0.3, 0.4) is 0 Å². The predicted molar refractivity (Wildman–Crippen MR) is 110 cm³/mol. The molecule has 0 aliphatic carbocycles. The first-order chi connectivity index (χ1) is 13.3. The molecule has 28 heavy (non-hydrogen) atoms. The number of rotatable bonds is 10. The number of nitrogens with zero attached hydrogens (tertiary/aromatic N) is 2. The minimum atomic E-state index is -0.877. The second kappa shape index (κ2) is 11.7. The zero-order chi connectivity index (χ0) is 21.1. The Hall–Kier alpha value is -3.00. The lowest BCUT2D eigenvalue weighted by molar-refractivity contribution is -0.128. The number of aldehydes is 1. The van der Waals surface area contributed by atoms with E-state index < -0.39 is 5.91 Å². The summed E-state index contributed by atoms with van der Waals surface area (Å²) in [5.41, 5.74) is 6.38. The first-order valence-corrected chi connectivity index (χ1v) is 9.09. The average Bonchev–Trinajstić information content (AvgIpc) is 2.82. The van der Waals surface area contributed by atoms with Crippen LogP contribution in [0.25, 0.3) is 0 Å². The van der Waals surface area contributed by atoms with Crippen molar-refractivity contribution in [3.05, 3.63) is 47.9 Å². The Morgan fingerprint density at radius 3 is 2.64 bits per heavy atom. The first kappa shape index (κ1) is 23.0. The van der Waals surface area contributed by atoms with E-state index in [1.807, 2.05) is 26.1 Å². The van der Waals surface area contributed by atoms with Crippen LogP contribution in [0.15, 0.2) is 47.9 Å². The summed E-state index contributed by atoms with van der Waals surface area (Å²) in [4.78, 5) is 38.0. The number of hydrogen-bond donors (Lipinski definition) is 3. The number of carbonyl (C=O) groups is 3. The van der Waals surface area contributed by atoms with E-state index in [4.69, 9.17) is 11.1 Å². The Labute approximate surface area is 165 Å². The molecule has 2 amide bonds. The molecule has 8 nitrogen and oxygen atoms in total. The van der Waals surface area contributed by atoms with E-state index in [2.05, 4.69) is 16.8 Å². The molecule has 0 radical (unpaired) electrons. The van der Waals surface area contributed by atoms with Crippen molar-refractivity contribution in [1.82, 2.24) is 15.1 Å². The van der Waals surface area contributed by atoms with Crippen molar-refractivity contribution in [2.75, 3.05) is 33.2 Å². The average molecular weight is 387 g/mol. The summed E-state index contributed by atoms with van der Waals surface area (Å²) in [5.74, 6) is -0.786. The van der Waals surface area contributed by atoms with Gasteiger partial charge in [-0.2, -0.15) is 0 Å². The molecule has 1 heterocycles. The number of hydrogen-bond acceptors (Lipinski definition) is 6. The molecule has 0 aromatic carbocycles. The highest BCUT2D eigenvalue weighted by molar-refractivity contribution is 6.43. The molecule has 0 aromatic heterocycles. The van der Waals surface area contributed by atoms with Gasteiger partial charge >= 0.3 is 0 Å². The van der Waals surface area contributed by atoms with Gasteiger partial charge in [0.1, 0.15) is 12.0 Å². The molecule has 0 bridgehead atoms. The normalized spacial score (nSPS) is 16.8. The van der Waals surface area contributed by atoms with Crippen molar-refractivity contribution in [3.63, 3.8) is 0 Å². The van der Waals surface area contributed by atoms with Gasteiger partial charge in [-0.15, -0.1) is 0 Å². The fourth-order valence-electron chi connectivity index (χ4n) is 2.68. The summed E-state index contributed by atoms with van der Waals surface area (Å²) in [6.07, 6.45) is 7.92. The molecule has 4 N–H and O–H groups in total. The number of allylic oxidation sites excluding steroid dienone is 4. The van der Waals surface area contributed by atoms with Gasteiger partial charge in [0.2, 0.25) is 5.91 Å². The summed E-state index contributed by atoms with van der Waals surface area (Å²) in [6.45, 7) is 8.36. The highest BCUT2D eigenvalue weighted by Gasteiger charge is 2.20. The van der Waals surface area contributed by atoms with E-state index in [0.29, 0.717) is 31.5 Å². The van der Waals surface area contributed by atoms with Gasteiger partial charge < -0.3 is 20.9 Å². The zero-order valence-electron chi connectivity index (χ0n) is 16.5. The maximum Gasteiger partial charge on any atom is 0.266 e. The molecular formula is C20H29N5O3. The maximum absolute atomic E-state index is 12.3. The first-order valence-electron chi connectivity index (χ1n) is 9.09. The SMILES string of the molecule is C=C(/C=C\C(=C/C)N1CCN(C)CCC1=O)NCC/C(=C\C=O)C(=N)C(N)=O. The fourth-order valence-corrected chi connectivity index (χ4v) is 2.68. The van der Waals surface area contributed by atoms with Gasteiger partial charge in [0.05, 0.1) is 0 Å². The Bertz CT molecular complexity index is 721. The van der Waals surface area contributed by atoms with Crippen LogP contribution in [0.4, 0.5) is 0 Å². The van der Waals surface area contributed by atoms with Crippen molar-refractivity contribution in [2.24, 2.45) is 5.73 Å². The van der Waals surface area contributed by atoms with Gasteiger partial charge in [-0.1, -0.05) is 12.7 Å². The predicted octanol–water partition coefficient (Wildman–Crippen LogP) is 0.734. The standard InChI is InChI=1S/C20H29N5O3/c1-4-17(25-13-12-24(3)11-8-18(25)27)6-5-15(2)23-10-7-16(9-14-26)19(21)20(22)28/h4-6,9,14,21,23H,2,7-8,10-13H2,1,3H3,(H2,22,28)/b6-5-,16-9+,17-4+,21-19?. The summed E-state index contributed by atoms with van der Waals surface area (Å²) < 4.78 is 0. The van der Waals surface area contributed by atoms with Gasteiger partial charge in [0, 0.05) is 44.0 Å². The molecule has 152 valence electrons. The number of likely N-dealkylation sites (N-methyl/N-ethyl adjacent to an activating group) is 1. The van der Waals surface area contributed by atoms with Crippen molar-refractivity contribution >= 4 is 23.8 Å². The minimum Gasteiger partial charge on any atom is -0.385 e. The molecule has 0 unspecified atom stereocenters. The van der Waals surface area contributed by atoms with Gasteiger partial charge in [-0.3, -0.25) is 19.8 Å². The Morgan fingerprint density at radius 2 is 2.04 bits per heavy atom. The number of amides is 2. The second-order valence-corrected chi connectivity index (χ2v) is 6.41. The molecule has 0 saturated carbocycles. The third kappa shape index (κ3) is 7.32. The minimum absolute atomic E-state index is 0.0919. The second-order valence-electron chi connectivity index (χ2n) is 6.41. The molecule has 1 fully saturated rings. The highest BCUT2D eigenvalue weighted by atomic mass is 16.2. The lowest BCUT2D eigenvalue weighted by atomic mass is 10.1. The number of carbonyl (C=O) groups excluding carboxylic acids is 3. The summed E-state index contributed by atoms with van der Waals surface area (Å²) >= 11 is 0. The number of nitrogens with one attached hydrogen (secondary N) is 2. The molecule has 1 aliphatic heterocycles. The summed E-state index contributed by atoms with van der Waals surface area (Å²) in [7, 11) is 2.00. The van der Waals surface area contributed by atoms with Gasteiger partial charge in [0.25, 0.3) is 5.91 Å². The monoisotopic (exact) mass is 387 g/mol. The van der Waals surface area contributed by atoms with E-state index in [0.717, 1.165) is 24.9 Å². The van der Waals surface area contributed by atoms with Crippen LogP contribution in [-0.2, 0) is 14.4 Å². The van der Waals surface area contributed by atoms with E-state index in [1.54, 1.807) is 11.0 Å². The molecule has 1 saturated heterocycles. The van der Waals surface area contributed by atoms with Gasteiger partial charge in [0.15, 0.2) is 0 Å². The topological polar surface area (TPSA) is 120 Å².